The highest BCUT2D eigenvalue weighted by Crippen LogP contribution is 2.31. The molecule has 0 spiro atoms. The average Bonchev–Trinajstić information content (AvgIpc) is 3.09. The highest BCUT2D eigenvalue weighted by molar-refractivity contribution is 7.22. The summed E-state index contributed by atoms with van der Waals surface area (Å²) in [6.45, 7) is 1.32. The topological polar surface area (TPSA) is 68.5 Å². The van der Waals surface area contributed by atoms with E-state index >= 15 is 0 Å². The van der Waals surface area contributed by atoms with E-state index in [1.807, 2.05) is 23.1 Å². The van der Waals surface area contributed by atoms with Crippen LogP contribution < -0.4 is 5.73 Å². The third kappa shape index (κ3) is 2.18. The van der Waals surface area contributed by atoms with Crippen molar-refractivity contribution in [3.05, 3.63) is 23.8 Å². The van der Waals surface area contributed by atoms with Gasteiger partial charge in [-0.2, -0.15) is 0 Å². The lowest BCUT2D eigenvalue weighted by molar-refractivity contribution is -0.0445. The van der Waals surface area contributed by atoms with Crippen molar-refractivity contribution in [2.45, 2.75) is 31.4 Å². The Morgan fingerprint density at radius 3 is 3.24 bits per heavy atom. The van der Waals surface area contributed by atoms with E-state index in [0.29, 0.717) is 18.3 Å². The normalized spacial score (nSPS) is 25.2. The second-order valence-electron chi connectivity index (χ2n) is 5.64. The van der Waals surface area contributed by atoms with Crippen molar-refractivity contribution in [2.75, 3.05) is 18.9 Å². The van der Waals surface area contributed by atoms with Gasteiger partial charge in [-0.1, -0.05) is 11.3 Å². The average molecular weight is 303 g/mol. The molecule has 1 saturated heterocycles. The van der Waals surface area contributed by atoms with Crippen molar-refractivity contribution < 1.29 is 9.53 Å². The lowest BCUT2D eigenvalue weighted by Gasteiger charge is -2.37. The van der Waals surface area contributed by atoms with Gasteiger partial charge in [0.15, 0.2) is 5.13 Å². The third-order valence-electron chi connectivity index (χ3n) is 4.39. The SMILES string of the molecule is Nc1nc2ccc(C(=O)N3CCOC4CCCC43)cc2s1. The Bertz CT molecular complexity index is 699. The maximum Gasteiger partial charge on any atom is 0.254 e. The van der Waals surface area contributed by atoms with E-state index in [1.54, 1.807) is 0 Å². The first-order valence-corrected chi connectivity index (χ1v) is 8.13. The summed E-state index contributed by atoms with van der Waals surface area (Å²) in [4.78, 5) is 19.0. The zero-order valence-electron chi connectivity index (χ0n) is 11.6. The zero-order valence-corrected chi connectivity index (χ0v) is 12.4. The Kier molecular flexibility index (Phi) is 3.08. The van der Waals surface area contributed by atoms with Crippen LogP contribution in [0.4, 0.5) is 5.13 Å². The summed E-state index contributed by atoms with van der Waals surface area (Å²) in [6, 6.07) is 5.88. The van der Waals surface area contributed by atoms with Crippen LogP contribution in [0, 0.1) is 0 Å². The number of anilines is 1. The molecule has 110 valence electrons. The molecule has 5 nitrogen and oxygen atoms in total. The van der Waals surface area contributed by atoms with Gasteiger partial charge in [0.1, 0.15) is 0 Å². The molecule has 2 fully saturated rings. The van der Waals surface area contributed by atoms with Crippen LogP contribution in [0.25, 0.3) is 10.2 Å². The number of hydrogen-bond acceptors (Lipinski definition) is 5. The first-order chi connectivity index (χ1) is 10.2. The molecule has 2 heterocycles. The molecule has 1 aromatic heterocycles. The lowest BCUT2D eigenvalue weighted by atomic mass is 10.1. The van der Waals surface area contributed by atoms with Crippen LogP contribution in [0.3, 0.4) is 0 Å². The van der Waals surface area contributed by atoms with Crippen molar-refractivity contribution in [1.29, 1.82) is 0 Å². The molecule has 1 aliphatic heterocycles. The number of thiazole rings is 1. The van der Waals surface area contributed by atoms with E-state index in [9.17, 15) is 4.79 Å². The highest BCUT2D eigenvalue weighted by Gasteiger charge is 2.38. The van der Waals surface area contributed by atoms with E-state index in [1.165, 1.54) is 11.3 Å². The molecule has 2 N–H and O–H groups in total. The quantitative estimate of drug-likeness (QED) is 0.877. The number of hydrogen-bond donors (Lipinski definition) is 1. The number of rotatable bonds is 1. The maximum atomic E-state index is 12.8. The fraction of sp³-hybridized carbons (Fsp3) is 0.467. The molecular formula is C15H17N3O2S. The van der Waals surface area contributed by atoms with Crippen LogP contribution >= 0.6 is 11.3 Å². The van der Waals surface area contributed by atoms with Gasteiger partial charge in [-0.05, 0) is 37.5 Å². The molecule has 2 unspecified atom stereocenters. The predicted octanol–water partition coefficient (Wildman–Crippen LogP) is 2.27. The minimum absolute atomic E-state index is 0.101. The number of benzene rings is 1. The van der Waals surface area contributed by atoms with E-state index in [2.05, 4.69) is 4.98 Å². The minimum atomic E-state index is 0.101. The maximum absolute atomic E-state index is 12.8. The predicted molar refractivity (Wildman–Crippen MR) is 82.4 cm³/mol. The molecule has 2 aliphatic rings. The highest BCUT2D eigenvalue weighted by atomic mass is 32.1. The van der Waals surface area contributed by atoms with Gasteiger partial charge >= 0.3 is 0 Å². The number of carbonyl (C=O) groups excluding carboxylic acids is 1. The number of fused-ring (bicyclic) bond motifs is 2. The standard InChI is InChI=1S/C15H17N3O2S/c16-15-17-10-5-4-9(8-13(10)21-15)14(19)18-6-7-20-12-3-1-2-11(12)18/h4-5,8,11-12H,1-3,6-7H2,(H2,16,17). The van der Waals surface area contributed by atoms with Gasteiger partial charge in [-0.3, -0.25) is 4.79 Å². The summed E-state index contributed by atoms with van der Waals surface area (Å²) < 4.78 is 6.74. The van der Waals surface area contributed by atoms with Gasteiger partial charge in [0.25, 0.3) is 5.91 Å². The molecule has 6 heteroatoms. The van der Waals surface area contributed by atoms with Crippen LogP contribution in [0.2, 0.25) is 0 Å². The summed E-state index contributed by atoms with van der Waals surface area (Å²) in [7, 11) is 0. The summed E-state index contributed by atoms with van der Waals surface area (Å²) in [6.07, 6.45) is 3.49. The van der Waals surface area contributed by atoms with Crippen LogP contribution in [0.15, 0.2) is 18.2 Å². The van der Waals surface area contributed by atoms with Crippen LogP contribution in [0.5, 0.6) is 0 Å². The Hall–Kier alpha value is -1.66. The van der Waals surface area contributed by atoms with Crippen LogP contribution in [-0.2, 0) is 4.74 Å². The molecule has 1 amide bonds. The number of nitrogens with zero attached hydrogens (tertiary/aromatic N) is 2. The Morgan fingerprint density at radius 1 is 1.43 bits per heavy atom. The fourth-order valence-corrected chi connectivity index (χ4v) is 4.19. The third-order valence-corrected chi connectivity index (χ3v) is 5.24. The van der Waals surface area contributed by atoms with Crippen molar-refractivity contribution in [1.82, 2.24) is 9.88 Å². The van der Waals surface area contributed by atoms with Crippen LogP contribution in [-0.4, -0.2) is 41.1 Å². The van der Waals surface area contributed by atoms with E-state index in [-0.39, 0.29) is 18.1 Å². The van der Waals surface area contributed by atoms with Gasteiger partial charge in [0, 0.05) is 12.1 Å². The van der Waals surface area contributed by atoms with Crippen LogP contribution in [0.1, 0.15) is 29.6 Å². The number of ether oxygens (including phenoxy) is 1. The molecule has 0 radical (unpaired) electrons. The smallest absolute Gasteiger partial charge is 0.254 e. The molecule has 21 heavy (non-hydrogen) atoms. The molecule has 1 aromatic carbocycles. The molecule has 4 rings (SSSR count). The number of nitrogens with two attached hydrogens (primary N) is 1. The zero-order chi connectivity index (χ0) is 14.4. The van der Waals surface area contributed by atoms with Crippen molar-refractivity contribution in [2.24, 2.45) is 0 Å². The minimum Gasteiger partial charge on any atom is -0.375 e. The second kappa shape index (κ2) is 4.96. The fourth-order valence-electron chi connectivity index (χ4n) is 3.42. The van der Waals surface area contributed by atoms with E-state index in [4.69, 9.17) is 10.5 Å². The Balaban J connectivity index is 1.65. The summed E-state index contributed by atoms with van der Waals surface area (Å²) in [5.41, 5.74) is 7.30. The van der Waals surface area contributed by atoms with E-state index in [0.717, 1.165) is 35.0 Å². The first-order valence-electron chi connectivity index (χ1n) is 7.31. The summed E-state index contributed by atoms with van der Waals surface area (Å²) in [5, 5.41) is 0.539. The van der Waals surface area contributed by atoms with Crippen molar-refractivity contribution >= 4 is 32.6 Å². The first kappa shape index (κ1) is 13.0. The summed E-state index contributed by atoms with van der Waals surface area (Å²) >= 11 is 1.42. The molecule has 2 atom stereocenters. The number of aromatic nitrogens is 1. The Morgan fingerprint density at radius 2 is 2.33 bits per heavy atom. The van der Waals surface area contributed by atoms with Gasteiger partial charge in [0.2, 0.25) is 0 Å². The van der Waals surface area contributed by atoms with Gasteiger partial charge in [0.05, 0.1) is 29.0 Å². The monoisotopic (exact) mass is 303 g/mol. The molecule has 1 saturated carbocycles. The van der Waals surface area contributed by atoms with Gasteiger partial charge < -0.3 is 15.4 Å². The number of carbonyl (C=O) groups is 1. The second-order valence-corrected chi connectivity index (χ2v) is 6.70. The lowest BCUT2D eigenvalue weighted by Crippen LogP contribution is -2.51. The van der Waals surface area contributed by atoms with Gasteiger partial charge in [-0.15, -0.1) is 0 Å². The van der Waals surface area contributed by atoms with E-state index < -0.39 is 0 Å². The number of nitrogen functional groups attached to an aromatic ring is 1. The molecule has 1 aliphatic carbocycles. The molecule has 0 bridgehead atoms. The Labute approximate surface area is 126 Å². The van der Waals surface area contributed by atoms with Crippen molar-refractivity contribution in [3.63, 3.8) is 0 Å². The van der Waals surface area contributed by atoms with Gasteiger partial charge in [-0.25, -0.2) is 4.98 Å². The summed E-state index contributed by atoms with van der Waals surface area (Å²) in [5.74, 6) is 0.101. The number of morpholine rings is 1. The number of amides is 1. The molecule has 2 aromatic rings. The van der Waals surface area contributed by atoms with Crippen molar-refractivity contribution in [3.8, 4) is 0 Å². The molecular weight excluding hydrogens is 286 g/mol. The largest absolute Gasteiger partial charge is 0.375 e.